The van der Waals surface area contributed by atoms with Crippen LogP contribution >= 0.6 is 0 Å². The van der Waals surface area contributed by atoms with Gasteiger partial charge in [0, 0.05) is 0 Å². The Kier molecular flexibility index (Phi) is 10.1. The molecule has 0 aliphatic heterocycles. The van der Waals surface area contributed by atoms with Gasteiger partial charge in [0.15, 0.2) is 0 Å². The summed E-state index contributed by atoms with van der Waals surface area (Å²) in [6, 6.07) is -1.77. The first kappa shape index (κ1) is 20.3. The third-order valence-electron chi connectivity index (χ3n) is 3.11. The maximum Gasteiger partial charge on any atom is 0.326 e. The fraction of sp³-hybridized carbons (Fsp3) is 0.786. The molecule has 0 unspecified atom stereocenters. The van der Waals surface area contributed by atoms with Crippen molar-refractivity contribution < 1.29 is 19.5 Å². The summed E-state index contributed by atoms with van der Waals surface area (Å²) < 4.78 is 0. The van der Waals surface area contributed by atoms with Crippen LogP contribution in [0.4, 0.5) is 0 Å². The van der Waals surface area contributed by atoms with E-state index in [1.807, 2.05) is 13.8 Å². The lowest BCUT2D eigenvalue weighted by Crippen LogP contribution is -2.53. The third kappa shape index (κ3) is 8.58. The van der Waals surface area contributed by atoms with Crippen LogP contribution in [0.5, 0.6) is 0 Å². The predicted octanol–water partition coefficient (Wildman–Crippen LogP) is -0.826. The molecule has 0 saturated carbocycles. The minimum absolute atomic E-state index is 0.161. The number of aliphatic carboxylic acids is 1. The number of nitrogens with one attached hydrogen (secondary N) is 2. The molecule has 128 valence electrons. The number of nitrogens with two attached hydrogens (primary N) is 2. The van der Waals surface area contributed by atoms with Crippen molar-refractivity contribution >= 4 is 17.8 Å². The van der Waals surface area contributed by atoms with E-state index in [0.717, 1.165) is 0 Å². The summed E-state index contributed by atoms with van der Waals surface area (Å²) >= 11 is 0. The Hall–Kier alpha value is -1.67. The van der Waals surface area contributed by atoms with Crippen LogP contribution in [0.15, 0.2) is 0 Å². The van der Waals surface area contributed by atoms with Crippen LogP contribution in [-0.2, 0) is 14.4 Å². The van der Waals surface area contributed by atoms with Gasteiger partial charge in [-0.15, -0.1) is 0 Å². The molecule has 0 saturated heterocycles. The SMILES string of the molecule is CC(C)C[C@H](NC(=O)CN)C(=O)N[C@@H](CCCCN)C(=O)O. The molecule has 0 aliphatic carbocycles. The van der Waals surface area contributed by atoms with Gasteiger partial charge in [-0.3, -0.25) is 9.59 Å². The first-order chi connectivity index (χ1) is 10.3. The molecule has 7 N–H and O–H groups in total. The van der Waals surface area contributed by atoms with Gasteiger partial charge in [0.25, 0.3) is 0 Å². The average molecular weight is 316 g/mol. The van der Waals surface area contributed by atoms with Gasteiger partial charge in [0.1, 0.15) is 12.1 Å². The van der Waals surface area contributed by atoms with Crippen molar-refractivity contribution in [3.8, 4) is 0 Å². The Morgan fingerprint density at radius 1 is 1.05 bits per heavy atom. The zero-order valence-electron chi connectivity index (χ0n) is 13.3. The molecule has 0 heterocycles. The van der Waals surface area contributed by atoms with Gasteiger partial charge in [-0.25, -0.2) is 4.79 Å². The fourth-order valence-electron chi connectivity index (χ4n) is 1.98. The summed E-state index contributed by atoms with van der Waals surface area (Å²) in [6.45, 7) is 4.07. The highest BCUT2D eigenvalue weighted by atomic mass is 16.4. The number of carboxylic acid groups (broad SMARTS) is 1. The maximum absolute atomic E-state index is 12.2. The lowest BCUT2D eigenvalue weighted by atomic mass is 10.0. The van der Waals surface area contributed by atoms with E-state index in [1.54, 1.807) is 0 Å². The molecule has 2 atom stereocenters. The standard InChI is InChI=1S/C14H28N4O4/c1-9(2)7-11(17-12(19)8-16)13(20)18-10(14(21)22)5-3-4-6-15/h9-11H,3-8,15-16H2,1-2H3,(H,17,19)(H,18,20)(H,21,22)/t10-,11-/m0/s1. The quantitative estimate of drug-likeness (QED) is 0.314. The Bertz CT molecular complexity index is 374. The molecule has 22 heavy (non-hydrogen) atoms. The van der Waals surface area contributed by atoms with Crippen LogP contribution in [0.2, 0.25) is 0 Å². The Labute approximate surface area is 131 Å². The highest BCUT2D eigenvalue weighted by Gasteiger charge is 2.26. The van der Waals surface area contributed by atoms with Gasteiger partial charge >= 0.3 is 5.97 Å². The van der Waals surface area contributed by atoms with Gasteiger partial charge in [0.2, 0.25) is 11.8 Å². The van der Waals surface area contributed by atoms with E-state index in [2.05, 4.69) is 10.6 Å². The topological polar surface area (TPSA) is 148 Å². The summed E-state index contributed by atoms with van der Waals surface area (Å²) in [5.74, 6) is -1.89. The lowest BCUT2D eigenvalue weighted by Gasteiger charge is -2.22. The second-order valence-corrected chi connectivity index (χ2v) is 5.64. The van der Waals surface area contributed by atoms with Crippen LogP contribution in [-0.4, -0.2) is 48.1 Å². The number of unbranched alkanes of at least 4 members (excludes halogenated alkanes) is 1. The zero-order valence-corrected chi connectivity index (χ0v) is 13.3. The number of amides is 2. The molecule has 0 rings (SSSR count). The lowest BCUT2D eigenvalue weighted by molar-refractivity contribution is -0.142. The minimum atomic E-state index is -1.10. The Morgan fingerprint density at radius 2 is 1.68 bits per heavy atom. The van der Waals surface area contributed by atoms with Crippen molar-refractivity contribution in [3.63, 3.8) is 0 Å². The summed E-state index contributed by atoms with van der Waals surface area (Å²) in [5.41, 5.74) is 10.6. The van der Waals surface area contributed by atoms with Crippen molar-refractivity contribution in [1.29, 1.82) is 0 Å². The van der Waals surface area contributed by atoms with Crippen LogP contribution in [0.25, 0.3) is 0 Å². The monoisotopic (exact) mass is 316 g/mol. The number of rotatable bonds is 11. The molecule has 0 spiro atoms. The molecular weight excluding hydrogens is 288 g/mol. The normalized spacial score (nSPS) is 13.5. The summed E-state index contributed by atoms with van der Waals surface area (Å²) in [5, 5.41) is 14.2. The molecular formula is C14H28N4O4. The van der Waals surface area contributed by atoms with Gasteiger partial charge in [-0.05, 0) is 38.1 Å². The first-order valence-electron chi connectivity index (χ1n) is 7.54. The van der Waals surface area contributed by atoms with Crippen LogP contribution in [0, 0.1) is 5.92 Å². The summed E-state index contributed by atoms with van der Waals surface area (Å²) in [6.07, 6.45) is 2.01. The molecule has 8 heteroatoms. The fourth-order valence-corrected chi connectivity index (χ4v) is 1.98. The van der Waals surface area contributed by atoms with E-state index in [-0.39, 0.29) is 12.5 Å². The summed E-state index contributed by atoms with van der Waals surface area (Å²) in [4.78, 5) is 34.8. The molecule has 0 aromatic heterocycles. The van der Waals surface area contributed by atoms with Crippen molar-refractivity contribution in [2.45, 2.75) is 51.6 Å². The molecule has 8 nitrogen and oxygen atoms in total. The highest BCUT2D eigenvalue weighted by molar-refractivity contribution is 5.90. The second kappa shape index (κ2) is 11.0. The minimum Gasteiger partial charge on any atom is -0.480 e. The molecule has 2 amide bonds. The number of carbonyl (C=O) groups excluding carboxylic acids is 2. The van der Waals surface area contributed by atoms with E-state index >= 15 is 0 Å². The van der Waals surface area contributed by atoms with Crippen molar-refractivity contribution in [2.75, 3.05) is 13.1 Å². The molecule has 0 radical (unpaired) electrons. The predicted molar refractivity (Wildman–Crippen MR) is 82.9 cm³/mol. The smallest absolute Gasteiger partial charge is 0.326 e. The van der Waals surface area contributed by atoms with E-state index in [9.17, 15) is 14.4 Å². The highest BCUT2D eigenvalue weighted by Crippen LogP contribution is 2.07. The molecule has 0 fully saturated rings. The van der Waals surface area contributed by atoms with E-state index < -0.39 is 29.9 Å². The third-order valence-corrected chi connectivity index (χ3v) is 3.11. The average Bonchev–Trinajstić information content (AvgIpc) is 2.44. The number of hydrogen-bond acceptors (Lipinski definition) is 5. The Balaban J connectivity index is 4.72. The summed E-state index contributed by atoms with van der Waals surface area (Å²) in [7, 11) is 0. The van der Waals surface area contributed by atoms with Crippen LogP contribution in [0.1, 0.15) is 39.5 Å². The van der Waals surface area contributed by atoms with E-state index in [1.165, 1.54) is 0 Å². The number of hydrogen-bond donors (Lipinski definition) is 5. The van der Waals surface area contributed by atoms with E-state index in [0.29, 0.717) is 32.2 Å². The van der Waals surface area contributed by atoms with Crippen molar-refractivity contribution in [3.05, 3.63) is 0 Å². The van der Waals surface area contributed by atoms with Gasteiger partial charge < -0.3 is 27.2 Å². The molecule has 0 aromatic rings. The van der Waals surface area contributed by atoms with Crippen molar-refractivity contribution in [2.24, 2.45) is 17.4 Å². The van der Waals surface area contributed by atoms with Crippen molar-refractivity contribution in [1.82, 2.24) is 10.6 Å². The Morgan fingerprint density at radius 3 is 2.14 bits per heavy atom. The maximum atomic E-state index is 12.2. The van der Waals surface area contributed by atoms with Gasteiger partial charge in [0.05, 0.1) is 6.54 Å². The van der Waals surface area contributed by atoms with Crippen LogP contribution in [0.3, 0.4) is 0 Å². The number of carbonyl (C=O) groups is 3. The molecule has 0 bridgehead atoms. The molecule has 0 aromatic carbocycles. The zero-order chi connectivity index (χ0) is 17.1. The molecule has 0 aliphatic rings. The second-order valence-electron chi connectivity index (χ2n) is 5.64. The first-order valence-corrected chi connectivity index (χ1v) is 7.54. The van der Waals surface area contributed by atoms with Gasteiger partial charge in [-0.2, -0.15) is 0 Å². The van der Waals surface area contributed by atoms with Gasteiger partial charge in [-0.1, -0.05) is 13.8 Å². The van der Waals surface area contributed by atoms with E-state index in [4.69, 9.17) is 16.6 Å². The number of carboxylic acids is 1. The largest absolute Gasteiger partial charge is 0.480 e. The van der Waals surface area contributed by atoms with Crippen LogP contribution < -0.4 is 22.1 Å².